The lowest BCUT2D eigenvalue weighted by molar-refractivity contribution is -0.107. The van der Waals surface area contributed by atoms with Crippen molar-refractivity contribution in [3.8, 4) is 0 Å². The first-order chi connectivity index (χ1) is 16.1. The van der Waals surface area contributed by atoms with Crippen LogP contribution in [0, 0.1) is 16.7 Å². The largest absolute Gasteiger partial charge is 0.323 e. The molecule has 2 aliphatic heterocycles. The molecular weight excluding hydrogens is 416 g/mol. The second-order valence-electron chi connectivity index (χ2n) is 12.3. The molecule has 0 atom stereocenters. The number of likely N-dealkylation sites (tertiary alicyclic amines) is 2. The number of nitrogens with one attached hydrogen (secondary N) is 1. The van der Waals surface area contributed by atoms with Gasteiger partial charge in [0.2, 0.25) is 0 Å². The summed E-state index contributed by atoms with van der Waals surface area (Å²) in [7, 11) is 0. The van der Waals surface area contributed by atoms with Crippen molar-refractivity contribution >= 4 is 6.03 Å². The van der Waals surface area contributed by atoms with E-state index in [9.17, 15) is 4.79 Å². The van der Waals surface area contributed by atoms with Gasteiger partial charge in [-0.15, -0.1) is 0 Å². The maximum atomic E-state index is 12.9. The van der Waals surface area contributed by atoms with Gasteiger partial charge < -0.3 is 9.80 Å². The highest BCUT2D eigenvalue weighted by molar-refractivity contribution is 5.77. The first-order valence-corrected chi connectivity index (χ1v) is 12.9. The number of hydrogen-bond donors (Lipinski definition) is 1. The van der Waals surface area contributed by atoms with Gasteiger partial charge in [0, 0.05) is 55.3 Å². The van der Waals surface area contributed by atoms with E-state index in [-0.39, 0.29) is 6.03 Å². The third-order valence-electron chi connectivity index (χ3n) is 9.25. The molecule has 9 heteroatoms. The van der Waals surface area contributed by atoms with E-state index in [0.717, 1.165) is 62.9 Å². The van der Waals surface area contributed by atoms with Crippen molar-refractivity contribution < 1.29 is 4.79 Å². The van der Waals surface area contributed by atoms with Crippen LogP contribution in [0.5, 0.6) is 0 Å². The number of H-pyrrole nitrogens is 1. The van der Waals surface area contributed by atoms with Gasteiger partial charge in [0.05, 0.1) is 6.04 Å². The molecule has 33 heavy (non-hydrogen) atoms. The number of rotatable bonds is 5. The third-order valence-corrected chi connectivity index (χ3v) is 9.25. The summed E-state index contributed by atoms with van der Waals surface area (Å²) in [6, 6.07) is 0.740. The number of aromatic nitrogens is 6. The molecule has 4 heterocycles. The number of carbonyl (C=O) groups is 1. The van der Waals surface area contributed by atoms with E-state index in [0.29, 0.717) is 34.6 Å². The molecule has 174 valence electrons. The maximum absolute atomic E-state index is 12.9. The summed E-state index contributed by atoms with van der Waals surface area (Å²) in [6.45, 7) is 3.73. The summed E-state index contributed by atoms with van der Waals surface area (Å²) >= 11 is 0. The normalized spacial score (nSPS) is 27.9. The molecule has 2 aromatic heterocycles. The molecule has 4 aliphatic carbocycles. The van der Waals surface area contributed by atoms with E-state index in [2.05, 4.69) is 34.6 Å². The fraction of sp³-hybridized carbons (Fsp3) is 0.792. The Morgan fingerprint density at radius 1 is 0.970 bits per heavy atom. The SMILES string of the molecule is O=C(N1CC2(CC(Cc3n[nH]c(C4CC4)n3)C2)C1)N1CC2(CC(n3cnc(C4CC4)n3)C2)C1. The zero-order valence-electron chi connectivity index (χ0n) is 19.1. The predicted molar refractivity (Wildman–Crippen MR) is 118 cm³/mol. The van der Waals surface area contributed by atoms with E-state index in [1.54, 1.807) is 0 Å². The molecule has 0 bridgehead atoms. The van der Waals surface area contributed by atoms with Crippen LogP contribution < -0.4 is 0 Å². The number of nitrogens with zero attached hydrogens (tertiary/aromatic N) is 7. The predicted octanol–water partition coefficient (Wildman–Crippen LogP) is 2.86. The highest BCUT2D eigenvalue weighted by Crippen LogP contribution is 2.56. The first kappa shape index (κ1) is 18.9. The fourth-order valence-electron chi connectivity index (χ4n) is 7.14. The highest BCUT2D eigenvalue weighted by atomic mass is 16.2. The van der Waals surface area contributed by atoms with Crippen molar-refractivity contribution in [3.63, 3.8) is 0 Å². The smallest absolute Gasteiger partial charge is 0.320 e. The molecule has 8 rings (SSSR count). The number of aromatic amines is 1. The standard InChI is InChI=1S/C24H32N8O/c33-22(31-12-24(13-31)8-18(9-24)32-14-25-20(29-32)16-1-2-16)30-10-23(11-30)6-15(7-23)5-19-26-21(28-27-19)17-3-4-17/h14-18H,1-13H2,(H,26,27,28). The van der Waals surface area contributed by atoms with Gasteiger partial charge in [-0.1, -0.05) is 0 Å². The quantitative estimate of drug-likeness (QED) is 0.759. The van der Waals surface area contributed by atoms with Gasteiger partial charge in [0.25, 0.3) is 0 Å². The number of urea groups is 1. The van der Waals surface area contributed by atoms with Crippen molar-refractivity contribution in [3.05, 3.63) is 23.8 Å². The van der Waals surface area contributed by atoms with E-state index in [4.69, 9.17) is 5.10 Å². The van der Waals surface area contributed by atoms with Gasteiger partial charge in [0.15, 0.2) is 11.6 Å². The third kappa shape index (κ3) is 3.06. The lowest BCUT2D eigenvalue weighted by Crippen LogP contribution is -2.71. The molecule has 2 amide bonds. The highest BCUT2D eigenvalue weighted by Gasteiger charge is 2.58. The van der Waals surface area contributed by atoms with Gasteiger partial charge in [-0.05, 0) is 57.3 Å². The summed E-state index contributed by atoms with van der Waals surface area (Å²) in [5.74, 6) is 5.05. The number of carbonyl (C=O) groups excluding carboxylic acids is 1. The second kappa shape index (κ2) is 6.36. The fourth-order valence-corrected chi connectivity index (χ4v) is 7.14. The van der Waals surface area contributed by atoms with Crippen molar-refractivity contribution in [2.75, 3.05) is 26.2 Å². The summed E-state index contributed by atoms with van der Waals surface area (Å²) < 4.78 is 2.08. The van der Waals surface area contributed by atoms with Gasteiger partial charge in [-0.3, -0.25) is 5.10 Å². The molecule has 0 unspecified atom stereocenters. The summed E-state index contributed by atoms with van der Waals surface area (Å²) in [5.41, 5.74) is 0.721. The van der Waals surface area contributed by atoms with Crippen LogP contribution in [0.1, 0.15) is 86.7 Å². The number of amides is 2. The Kier molecular flexibility index (Phi) is 3.65. The molecule has 0 aromatic carbocycles. The average molecular weight is 449 g/mol. The van der Waals surface area contributed by atoms with Crippen LogP contribution in [0.25, 0.3) is 0 Å². The van der Waals surface area contributed by atoms with E-state index < -0.39 is 0 Å². The van der Waals surface area contributed by atoms with Crippen molar-refractivity contribution in [2.45, 2.75) is 75.7 Å². The summed E-state index contributed by atoms with van der Waals surface area (Å²) in [6.07, 6.45) is 12.6. The molecule has 2 saturated heterocycles. The Bertz CT molecular complexity index is 1090. The topological polar surface area (TPSA) is 95.8 Å². The van der Waals surface area contributed by atoms with Gasteiger partial charge in [-0.2, -0.15) is 10.2 Å². The average Bonchev–Trinajstić information content (AvgIpc) is 3.62. The van der Waals surface area contributed by atoms with E-state index in [1.165, 1.54) is 38.5 Å². The molecular formula is C24H32N8O. The van der Waals surface area contributed by atoms with Gasteiger partial charge >= 0.3 is 6.03 Å². The Morgan fingerprint density at radius 3 is 2.30 bits per heavy atom. The minimum Gasteiger partial charge on any atom is -0.323 e. The van der Waals surface area contributed by atoms with Crippen LogP contribution in [-0.2, 0) is 6.42 Å². The van der Waals surface area contributed by atoms with Crippen LogP contribution in [0.3, 0.4) is 0 Å². The van der Waals surface area contributed by atoms with Gasteiger partial charge in [0.1, 0.15) is 12.2 Å². The minimum atomic E-state index is 0.262. The van der Waals surface area contributed by atoms with Crippen LogP contribution in [0.15, 0.2) is 6.33 Å². The molecule has 6 aliphatic rings. The molecule has 4 saturated carbocycles. The first-order valence-electron chi connectivity index (χ1n) is 12.9. The Hall–Kier alpha value is -2.45. The van der Waals surface area contributed by atoms with Crippen LogP contribution >= 0.6 is 0 Å². The van der Waals surface area contributed by atoms with E-state index in [1.807, 2.05) is 6.33 Å². The van der Waals surface area contributed by atoms with Crippen molar-refractivity contribution in [1.29, 1.82) is 0 Å². The number of hydrogen-bond acceptors (Lipinski definition) is 5. The molecule has 2 spiro atoms. The Labute approximate surface area is 193 Å². The zero-order chi connectivity index (χ0) is 21.8. The lowest BCUT2D eigenvalue weighted by atomic mass is 9.57. The Morgan fingerprint density at radius 2 is 1.64 bits per heavy atom. The van der Waals surface area contributed by atoms with Crippen molar-refractivity contribution in [2.24, 2.45) is 16.7 Å². The molecule has 2 aromatic rings. The van der Waals surface area contributed by atoms with E-state index >= 15 is 0 Å². The summed E-state index contributed by atoms with van der Waals surface area (Å²) in [5, 5.41) is 12.3. The monoisotopic (exact) mass is 448 g/mol. The van der Waals surface area contributed by atoms with Crippen LogP contribution in [0.2, 0.25) is 0 Å². The summed E-state index contributed by atoms with van der Waals surface area (Å²) in [4.78, 5) is 26.3. The lowest BCUT2D eigenvalue weighted by Gasteiger charge is -2.63. The minimum absolute atomic E-state index is 0.262. The van der Waals surface area contributed by atoms with Crippen molar-refractivity contribution in [1.82, 2.24) is 39.7 Å². The molecule has 1 N–H and O–H groups in total. The zero-order valence-corrected chi connectivity index (χ0v) is 19.1. The van der Waals surface area contributed by atoms with Crippen LogP contribution in [0.4, 0.5) is 4.79 Å². The second-order valence-corrected chi connectivity index (χ2v) is 12.3. The molecule has 6 fully saturated rings. The molecule has 9 nitrogen and oxygen atoms in total. The Balaban J connectivity index is 0.784. The maximum Gasteiger partial charge on any atom is 0.320 e. The molecule has 0 radical (unpaired) electrons. The van der Waals surface area contributed by atoms with Gasteiger partial charge in [-0.25, -0.2) is 19.4 Å². The van der Waals surface area contributed by atoms with Crippen LogP contribution in [-0.4, -0.2) is 72.0 Å².